The van der Waals surface area contributed by atoms with E-state index in [0.29, 0.717) is 16.8 Å². The molecule has 0 spiro atoms. The molecule has 0 aliphatic carbocycles. The van der Waals surface area contributed by atoms with E-state index in [1.165, 1.54) is 18.2 Å². The summed E-state index contributed by atoms with van der Waals surface area (Å²) in [4.78, 5) is 22.4. The number of nitrogens with one attached hydrogen (secondary N) is 1. The second-order valence-electron chi connectivity index (χ2n) is 5.48. The molecule has 0 radical (unpaired) electrons. The molecule has 138 valence electrons. The Kier molecular flexibility index (Phi) is 5.36. The fourth-order valence-corrected chi connectivity index (χ4v) is 2.77. The number of carbonyl (C=O) groups excluding carboxylic acids is 1. The van der Waals surface area contributed by atoms with Gasteiger partial charge in [0.2, 0.25) is 5.91 Å². The smallest absolute Gasteiger partial charge is 0.277 e. The lowest BCUT2D eigenvalue weighted by Crippen LogP contribution is -2.15. The highest BCUT2D eigenvalue weighted by Crippen LogP contribution is 2.29. The third-order valence-corrected chi connectivity index (χ3v) is 4.39. The molecule has 2 aromatic carbocycles. The van der Waals surface area contributed by atoms with Crippen molar-refractivity contribution in [2.75, 3.05) is 11.1 Å². The van der Waals surface area contributed by atoms with E-state index in [-0.39, 0.29) is 34.2 Å². The summed E-state index contributed by atoms with van der Waals surface area (Å²) in [6, 6.07) is 10.8. The van der Waals surface area contributed by atoms with Gasteiger partial charge in [0.05, 0.1) is 21.9 Å². The zero-order valence-electron chi connectivity index (χ0n) is 14.1. The predicted octanol–water partition coefficient (Wildman–Crippen LogP) is 3.39. The first-order valence-electron chi connectivity index (χ1n) is 7.73. The Morgan fingerprint density at radius 1 is 1.30 bits per heavy atom. The van der Waals surface area contributed by atoms with Crippen LogP contribution in [0.3, 0.4) is 0 Å². The summed E-state index contributed by atoms with van der Waals surface area (Å²) in [7, 11) is 0. The van der Waals surface area contributed by atoms with Crippen LogP contribution in [-0.4, -0.2) is 31.9 Å². The minimum atomic E-state index is -0.525. The number of hydrogen-bond acceptors (Lipinski definition) is 8. The average molecular weight is 386 g/mol. The van der Waals surface area contributed by atoms with Gasteiger partial charge in [-0.1, -0.05) is 30.0 Å². The molecule has 1 amide bonds. The zero-order valence-corrected chi connectivity index (χ0v) is 14.9. The molecule has 0 fully saturated rings. The van der Waals surface area contributed by atoms with Gasteiger partial charge in [-0.15, -0.1) is 10.2 Å². The second-order valence-corrected chi connectivity index (χ2v) is 6.41. The van der Waals surface area contributed by atoms with Crippen molar-refractivity contribution in [2.45, 2.75) is 12.1 Å². The number of carbonyl (C=O) groups is 1. The van der Waals surface area contributed by atoms with Gasteiger partial charge >= 0.3 is 0 Å². The van der Waals surface area contributed by atoms with Gasteiger partial charge in [-0.05, 0) is 24.6 Å². The summed E-state index contributed by atoms with van der Waals surface area (Å²) < 4.78 is 5.44. The van der Waals surface area contributed by atoms with Crippen molar-refractivity contribution >= 4 is 29.0 Å². The molecular weight excluding hydrogens is 372 g/mol. The molecule has 2 N–H and O–H groups in total. The van der Waals surface area contributed by atoms with Crippen molar-refractivity contribution in [3.05, 3.63) is 58.1 Å². The number of benzene rings is 2. The minimum Gasteiger partial charge on any atom is -0.507 e. The number of nitro benzene ring substituents is 1. The molecule has 0 saturated carbocycles. The molecule has 10 heteroatoms. The van der Waals surface area contributed by atoms with Gasteiger partial charge in [0.1, 0.15) is 5.75 Å². The Hall–Kier alpha value is -3.40. The summed E-state index contributed by atoms with van der Waals surface area (Å²) >= 11 is 1.02. The van der Waals surface area contributed by atoms with Crippen LogP contribution in [0.2, 0.25) is 0 Å². The van der Waals surface area contributed by atoms with Crippen LogP contribution in [0.4, 0.5) is 11.4 Å². The molecule has 0 unspecified atom stereocenters. The van der Waals surface area contributed by atoms with Gasteiger partial charge in [0.25, 0.3) is 16.8 Å². The number of aromatic nitrogens is 2. The maximum Gasteiger partial charge on any atom is 0.277 e. The van der Waals surface area contributed by atoms with Crippen LogP contribution < -0.4 is 5.32 Å². The maximum absolute atomic E-state index is 12.1. The Morgan fingerprint density at radius 2 is 2.07 bits per heavy atom. The number of hydrogen-bond donors (Lipinski definition) is 2. The van der Waals surface area contributed by atoms with Crippen LogP contribution in [0.5, 0.6) is 5.75 Å². The second kappa shape index (κ2) is 7.87. The fraction of sp³-hybridized carbons (Fsp3) is 0.118. The van der Waals surface area contributed by atoms with Crippen LogP contribution in [0, 0.1) is 17.0 Å². The quantitative estimate of drug-likeness (QED) is 0.374. The largest absolute Gasteiger partial charge is 0.507 e. The van der Waals surface area contributed by atoms with Crippen LogP contribution in [0.15, 0.2) is 52.1 Å². The summed E-state index contributed by atoms with van der Waals surface area (Å²) in [6.45, 7) is 1.74. The van der Waals surface area contributed by atoms with Gasteiger partial charge in [-0.3, -0.25) is 14.9 Å². The lowest BCUT2D eigenvalue weighted by atomic mass is 10.2. The number of nitro groups is 1. The number of thioether (sulfide) groups is 1. The number of phenols is 1. The fourth-order valence-electron chi connectivity index (χ4n) is 2.20. The van der Waals surface area contributed by atoms with Crippen molar-refractivity contribution < 1.29 is 19.2 Å². The van der Waals surface area contributed by atoms with Crippen LogP contribution in [-0.2, 0) is 4.79 Å². The van der Waals surface area contributed by atoms with Crippen molar-refractivity contribution in [2.24, 2.45) is 0 Å². The van der Waals surface area contributed by atoms with E-state index in [0.717, 1.165) is 11.8 Å². The third-order valence-electron chi connectivity index (χ3n) is 3.57. The Bertz CT molecular complexity index is 1000. The highest BCUT2D eigenvalue weighted by Gasteiger charge is 2.15. The Labute approximate surface area is 157 Å². The summed E-state index contributed by atoms with van der Waals surface area (Å²) in [6.07, 6.45) is 0. The van der Waals surface area contributed by atoms with Gasteiger partial charge in [0, 0.05) is 12.1 Å². The molecule has 1 aromatic heterocycles. The number of amides is 1. The normalized spacial score (nSPS) is 10.6. The molecule has 1 heterocycles. The van der Waals surface area contributed by atoms with E-state index in [4.69, 9.17) is 4.42 Å². The molecule has 0 saturated heterocycles. The van der Waals surface area contributed by atoms with E-state index in [1.807, 2.05) is 0 Å². The van der Waals surface area contributed by atoms with Gasteiger partial charge < -0.3 is 14.8 Å². The number of aromatic hydroxyl groups is 1. The number of aryl methyl sites for hydroxylation is 1. The number of para-hydroxylation sites is 1. The molecule has 3 rings (SSSR count). The standard InChI is InChI=1S/C17H14N4O5S/c1-10-6-7-11(21(24)25)8-13(10)18-15(23)9-27-17-20-19-16(26-17)12-4-2-3-5-14(12)22/h2-8,22H,9H2,1H3,(H,18,23). The molecule has 3 aromatic rings. The van der Waals surface area contributed by atoms with Crippen molar-refractivity contribution in [3.63, 3.8) is 0 Å². The van der Waals surface area contributed by atoms with Crippen molar-refractivity contribution in [1.29, 1.82) is 0 Å². The highest BCUT2D eigenvalue weighted by atomic mass is 32.2. The number of phenolic OH excluding ortho intramolecular Hbond substituents is 1. The number of anilines is 1. The first kappa shape index (κ1) is 18.4. The molecule has 0 aliphatic heterocycles. The first-order chi connectivity index (χ1) is 12.9. The van der Waals surface area contributed by atoms with Gasteiger partial charge in [-0.25, -0.2) is 0 Å². The maximum atomic E-state index is 12.1. The van der Waals surface area contributed by atoms with Crippen LogP contribution in [0.1, 0.15) is 5.56 Å². The molecular formula is C17H14N4O5S. The van der Waals surface area contributed by atoms with Gasteiger partial charge in [-0.2, -0.15) is 0 Å². The summed E-state index contributed by atoms with van der Waals surface area (Å²) in [5.74, 6) is -0.238. The lowest BCUT2D eigenvalue weighted by molar-refractivity contribution is -0.384. The SMILES string of the molecule is Cc1ccc([N+](=O)[O-])cc1NC(=O)CSc1nnc(-c2ccccc2O)o1. The first-order valence-corrected chi connectivity index (χ1v) is 8.72. The van der Waals surface area contributed by atoms with E-state index in [9.17, 15) is 20.0 Å². The Morgan fingerprint density at radius 3 is 2.81 bits per heavy atom. The predicted molar refractivity (Wildman–Crippen MR) is 98.6 cm³/mol. The molecule has 27 heavy (non-hydrogen) atoms. The summed E-state index contributed by atoms with van der Waals surface area (Å²) in [5.41, 5.74) is 1.37. The molecule has 9 nitrogen and oxygen atoms in total. The van der Waals surface area contributed by atoms with Crippen molar-refractivity contribution in [1.82, 2.24) is 10.2 Å². The third kappa shape index (κ3) is 4.42. The average Bonchev–Trinajstić information content (AvgIpc) is 3.11. The molecule has 0 atom stereocenters. The zero-order chi connectivity index (χ0) is 19.4. The number of rotatable bonds is 6. The lowest BCUT2D eigenvalue weighted by Gasteiger charge is -2.07. The minimum absolute atomic E-state index is 0.0107. The summed E-state index contributed by atoms with van der Waals surface area (Å²) in [5, 5.41) is 31.1. The van der Waals surface area contributed by atoms with E-state index >= 15 is 0 Å². The number of non-ortho nitro benzene ring substituents is 1. The van der Waals surface area contributed by atoms with Crippen LogP contribution in [0.25, 0.3) is 11.5 Å². The van der Waals surface area contributed by atoms with Crippen molar-refractivity contribution in [3.8, 4) is 17.2 Å². The number of nitrogens with zero attached hydrogens (tertiary/aromatic N) is 3. The van der Waals surface area contributed by atoms with E-state index < -0.39 is 4.92 Å². The molecule has 0 aliphatic rings. The topological polar surface area (TPSA) is 131 Å². The monoisotopic (exact) mass is 386 g/mol. The molecule has 0 bridgehead atoms. The van der Waals surface area contributed by atoms with Gasteiger partial charge in [0.15, 0.2) is 0 Å². The Balaban J connectivity index is 1.63. The van der Waals surface area contributed by atoms with E-state index in [2.05, 4.69) is 15.5 Å². The van der Waals surface area contributed by atoms with Crippen LogP contribution >= 0.6 is 11.8 Å². The van der Waals surface area contributed by atoms with E-state index in [1.54, 1.807) is 31.2 Å². The highest BCUT2D eigenvalue weighted by molar-refractivity contribution is 7.99.